The van der Waals surface area contributed by atoms with Crippen LogP contribution in [0.25, 0.3) is 11.8 Å². The van der Waals surface area contributed by atoms with Crippen molar-refractivity contribution in [2.45, 2.75) is 40.2 Å². The van der Waals surface area contributed by atoms with Crippen LogP contribution in [0.2, 0.25) is 0 Å². The molecule has 7 nitrogen and oxygen atoms in total. The van der Waals surface area contributed by atoms with Crippen LogP contribution >= 0.6 is 7.14 Å². The molecule has 1 fully saturated rings. The highest BCUT2D eigenvalue weighted by atomic mass is 31.2. The van der Waals surface area contributed by atoms with Crippen molar-refractivity contribution in [1.29, 1.82) is 0 Å². The zero-order valence-electron chi connectivity index (χ0n) is 25.5. The number of hydrogen-bond acceptors (Lipinski definition) is 5. The lowest BCUT2D eigenvalue weighted by Crippen LogP contribution is -2.18. The van der Waals surface area contributed by atoms with Gasteiger partial charge in [-0.1, -0.05) is 30.1 Å². The average molecular weight is 592 g/mol. The third-order valence-corrected chi connectivity index (χ3v) is 9.12. The fraction of sp³-hybridized carbons (Fsp3) is 0.286. The maximum atomic E-state index is 13.5. The van der Waals surface area contributed by atoms with E-state index in [-0.39, 0.29) is 5.91 Å². The van der Waals surface area contributed by atoms with E-state index in [1.54, 1.807) is 31.9 Å². The number of benzene rings is 2. The molecule has 0 aliphatic carbocycles. The van der Waals surface area contributed by atoms with Gasteiger partial charge < -0.3 is 14.4 Å². The minimum absolute atomic E-state index is 0.282. The first-order valence-electron chi connectivity index (χ1n) is 14.6. The van der Waals surface area contributed by atoms with Gasteiger partial charge in [-0.3, -0.25) is 14.7 Å². The summed E-state index contributed by atoms with van der Waals surface area (Å²) in [5.74, 6) is 6.17. The molecule has 8 heteroatoms. The minimum Gasteiger partial charge on any atom is -0.322 e. The number of amides is 1. The number of carbonyl (C=O) groups excluding carboxylic acids is 1. The fourth-order valence-electron chi connectivity index (χ4n) is 5.09. The minimum atomic E-state index is -2.65. The van der Waals surface area contributed by atoms with E-state index in [4.69, 9.17) is 0 Å². The first-order chi connectivity index (χ1) is 20.6. The molecule has 1 saturated heterocycles. The zero-order chi connectivity index (χ0) is 30.6. The van der Waals surface area contributed by atoms with E-state index in [0.29, 0.717) is 16.6 Å². The molecule has 5 rings (SSSR count). The molecule has 1 N–H and O–H groups in total. The number of hydrogen-bond donors (Lipinski definition) is 1. The molecular weight excluding hydrogens is 553 g/mol. The quantitative estimate of drug-likeness (QED) is 0.198. The Bertz CT molecular complexity index is 1800. The Balaban J connectivity index is 1.40. The number of nitrogens with one attached hydrogen (secondary N) is 1. The van der Waals surface area contributed by atoms with E-state index in [0.717, 1.165) is 59.0 Å². The van der Waals surface area contributed by atoms with Gasteiger partial charge in [-0.05, 0) is 108 Å². The topological polar surface area (TPSA) is 80.1 Å². The molecule has 0 bridgehead atoms. The van der Waals surface area contributed by atoms with E-state index in [9.17, 15) is 9.36 Å². The first-order valence-corrected chi connectivity index (χ1v) is 17.2. The molecule has 1 amide bonds. The van der Waals surface area contributed by atoms with Gasteiger partial charge in [0.1, 0.15) is 7.14 Å². The van der Waals surface area contributed by atoms with Crippen LogP contribution in [-0.4, -0.2) is 51.8 Å². The van der Waals surface area contributed by atoms with Gasteiger partial charge in [0.05, 0.1) is 12.0 Å². The van der Waals surface area contributed by atoms with Gasteiger partial charge in [-0.2, -0.15) is 0 Å². The van der Waals surface area contributed by atoms with Gasteiger partial charge in [0, 0.05) is 58.0 Å². The van der Waals surface area contributed by atoms with Gasteiger partial charge in [0.25, 0.3) is 5.91 Å². The van der Waals surface area contributed by atoms with Crippen molar-refractivity contribution in [1.82, 2.24) is 19.4 Å². The van der Waals surface area contributed by atoms with Crippen molar-refractivity contribution in [3.05, 3.63) is 106 Å². The molecule has 0 atom stereocenters. The Kier molecular flexibility index (Phi) is 9.11. The number of allylic oxidation sites excluding steroid dienone is 1. The summed E-state index contributed by atoms with van der Waals surface area (Å²) < 4.78 is 15.0. The number of carbonyl (C=O) groups is 1. The van der Waals surface area contributed by atoms with Gasteiger partial charge in [-0.25, -0.2) is 4.98 Å². The van der Waals surface area contributed by atoms with Crippen molar-refractivity contribution >= 4 is 30.1 Å². The molecule has 3 heterocycles. The average Bonchev–Trinajstić information content (AvgIpc) is 3.67. The molecule has 0 unspecified atom stereocenters. The molecule has 0 radical (unpaired) electrons. The van der Waals surface area contributed by atoms with Crippen LogP contribution in [0.1, 0.15) is 63.8 Å². The van der Waals surface area contributed by atoms with E-state index < -0.39 is 7.14 Å². The SMILES string of the molecule is C/C=C\c1cc(C#Cc2cc(NC(=O)c3cc(-n4cnc(CN5CCCC5)c4)cc(P(C)(C)=O)c3)ccc2C)cnc1C. The number of pyridine rings is 1. The van der Waals surface area contributed by atoms with Gasteiger partial charge in [-0.15, -0.1) is 0 Å². The molecule has 43 heavy (non-hydrogen) atoms. The molecule has 220 valence electrons. The molecule has 0 saturated carbocycles. The number of likely N-dealkylation sites (tertiary alicyclic amines) is 1. The number of aromatic nitrogens is 3. The zero-order valence-corrected chi connectivity index (χ0v) is 26.4. The number of nitrogens with zero attached hydrogens (tertiary/aromatic N) is 4. The van der Waals surface area contributed by atoms with Crippen molar-refractivity contribution in [3.8, 4) is 17.5 Å². The molecule has 2 aromatic carbocycles. The largest absolute Gasteiger partial charge is 0.322 e. The highest BCUT2D eigenvalue weighted by molar-refractivity contribution is 7.70. The monoisotopic (exact) mass is 591 g/mol. The van der Waals surface area contributed by atoms with Crippen molar-refractivity contribution < 1.29 is 9.36 Å². The van der Waals surface area contributed by atoms with Gasteiger partial charge in [0.15, 0.2) is 0 Å². The Labute approximate surface area is 254 Å². The van der Waals surface area contributed by atoms with Crippen molar-refractivity contribution in [2.75, 3.05) is 31.7 Å². The summed E-state index contributed by atoms with van der Waals surface area (Å²) in [6, 6.07) is 13.1. The normalized spacial score (nSPS) is 13.7. The molecule has 0 spiro atoms. The number of aryl methyl sites for hydroxylation is 2. The van der Waals surface area contributed by atoms with Crippen LogP contribution in [0.5, 0.6) is 0 Å². The predicted molar refractivity (Wildman–Crippen MR) is 176 cm³/mol. The summed E-state index contributed by atoms with van der Waals surface area (Å²) in [6.45, 7) is 12.4. The standard InChI is InChI=1S/C35H38N5O2P/c1-6-9-29-16-27(21-36-26(29)3)11-12-28-17-31(13-10-25(28)2)38-35(41)30-18-33(20-34(19-30)43(4,5)42)40-23-32(37-24-40)22-39-14-7-8-15-39/h6,9-10,13,16-21,23-24H,7-8,14-15,22H2,1-5H3,(H,38,41)/b9-6-. The van der Waals surface area contributed by atoms with Crippen LogP contribution in [-0.2, 0) is 11.1 Å². The van der Waals surface area contributed by atoms with Crippen LogP contribution in [0.4, 0.5) is 5.69 Å². The maximum Gasteiger partial charge on any atom is 0.255 e. The summed E-state index contributed by atoms with van der Waals surface area (Å²) in [5, 5.41) is 3.66. The van der Waals surface area contributed by atoms with Crippen LogP contribution in [0.3, 0.4) is 0 Å². The Morgan fingerprint density at radius 2 is 1.84 bits per heavy atom. The molecule has 4 aromatic rings. The number of anilines is 1. The van der Waals surface area contributed by atoms with E-state index in [1.165, 1.54) is 12.8 Å². The second kappa shape index (κ2) is 13.0. The molecule has 1 aliphatic heterocycles. The van der Waals surface area contributed by atoms with E-state index in [1.807, 2.05) is 80.1 Å². The molecular formula is C35H38N5O2P. The maximum absolute atomic E-state index is 13.5. The molecule has 1 aliphatic rings. The second-order valence-electron chi connectivity index (χ2n) is 11.5. The smallest absolute Gasteiger partial charge is 0.255 e. The highest BCUT2D eigenvalue weighted by Gasteiger charge is 2.18. The molecule has 2 aromatic heterocycles. The van der Waals surface area contributed by atoms with Gasteiger partial charge >= 0.3 is 0 Å². The lowest BCUT2D eigenvalue weighted by molar-refractivity contribution is 0.102. The fourth-order valence-corrected chi connectivity index (χ4v) is 5.98. The highest BCUT2D eigenvalue weighted by Crippen LogP contribution is 2.35. The van der Waals surface area contributed by atoms with Crippen molar-refractivity contribution in [3.63, 3.8) is 0 Å². The number of imidazole rings is 1. The van der Waals surface area contributed by atoms with Crippen molar-refractivity contribution in [2.24, 2.45) is 0 Å². The number of rotatable bonds is 7. The summed E-state index contributed by atoms with van der Waals surface area (Å²) in [6.07, 6.45) is 12.0. The van der Waals surface area contributed by atoms with E-state index in [2.05, 4.69) is 32.0 Å². The lowest BCUT2D eigenvalue weighted by atomic mass is 10.1. The van der Waals surface area contributed by atoms with Crippen LogP contribution < -0.4 is 10.6 Å². The van der Waals surface area contributed by atoms with Crippen LogP contribution in [0, 0.1) is 25.7 Å². The third kappa shape index (κ3) is 7.59. The summed E-state index contributed by atoms with van der Waals surface area (Å²) in [5.41, 5.74) is 7.43. The predicted octanol–water partition coefficient (Wildman–Crippen LogP) is 6.41. The first kappa shape index (κ1) is 30.2. The van der Waals surface area contributed by atoms with Gasteiger partial charge in [0.2, 0.25) is 0 Å². The third-order valence-electron chi connectivity index (χ3n) is 7.61. The Hall–Kier alpha value is -4.24. The second-order valence-corrected chi connectivity index (χ2v) is 14.7. The van der Waals surface area contributed by atoms with E-state index >= 15 is 0 Å². The summed E-state index contributed by atoms with van der Waals surface area (Å²) >= 11 is 0. The Morgan fingerprint density at radius 1 is 1.05 bits per heavy atom. The summed E-state index contributed by atoms with van der Waals surface area (Å²) in [4.78, 5) is 25.0. The summed E-state index contributed by atoms with van der Waals surface area (Å²) in [7, 11) is -2.65. The lowest BCUT2D eigenvalue weighted by Gasteiger charge is -2.14. The van der Waals surface area contributed by atoms with Crippen LogP contribution in [0.15, 0.2) is 67.3 Å². The Morgan fingerprint density at radius 3 is 2.58 bits per heavy atom.